The third-order valence-corrected chi connectivity index (χ3v) is 3.98. The molecule has 0 saturated heterocycles. The van der Waals surface area contributed by atoms with Gasteiger partial charge in [0.2, 0.25) is 0 Å². The predicted molar refractivity (Wildman–Crippen MR) is 86.0 cm³/mol. The molecule has 1 nitrogen and oxygen atoms in total. The summed E-state index contributed by atoms with van der Waals surface area (Å²) in [6.07, 6.45) is 4.96. The topological polar surface area (TPSA) is 12.0 Å². The summed E-state index contributed by atoms with van der Waals surface area (Å²) in [5, 5.41) is 4.46. The second-order valence-corrected chi connectivity index (χ2v) is 5.96. The fraction of sp³-hybridized carbons (Fsp3) is 0.647. The monoisotopic (exact) mass is 281 g/mol. The van der Waals surface area contributed by atoms with E-state index in [0.29, 0.717) is 5.92 Å². The van der Waals surface area contributed by atoms with Gasteiger partial charge in [-0.05, 0) is 42.9 Å². The van der Waals surface area contributed by atoms with E-state index >= 15 is 0 Å². The molecule has 1 rings (SSSR count). The van der Waals surface area contributed by atoms with Crippen molar-refractivity contribution in [3.05, 3.63) is 34.9 Å². The van der Waals surface area contributed by atoms with Crippen molar-refractivity contribution < 1.29 is 0 Å². The fourth-order valence-electron chi connectivity index (χ4n) is 2.68. The molecule has 0 bridgehead atoms. The molecule has 0 heterocycles. The number of benzene rings is 1. The highest BCUT2D eigenvalue weighted by Crippen LogP contribution is 2.30. The van der Waals surface area contributed by atoms with E-state index in [9.17, 15) is 0 Å². The molecule has 2 heteroatoms. The van der Waals surface area contributed by atoms with E-state index in [1.165, 1.54) is 31.2 Å². The van der Waals surface area contributed by atoms with Crippen LogP contribution in [0.25, 0.3) is 0 Å². The molecule has 0 aliphatic carbocycles. The summed E-state index contributed by atoms with van der Waals surface area (Å²) in [7, 11) is 0. The first-order valence-electron chi connectivity index (χ1n) is 7.64. The largest absolute Gasteiger partial charge is 0.316 e. The molecule has 0 spiro atoms. The van der Waals surface area contributed by atoms with Crippen molar-refractivity contribution >= 4 is 11.6 Å². The average Bonchev–Trinajstić information content (AvgIpc) is 2.39. The van der Waals surface area contributed by atoms with Gasteiger partial charge in [-0.2, -0.15) is 0 Å². The van der Waals surface area contributed by atoms with Gasteiger partial charge in [0.25, 0.3) is 0 Å². The number of halogens is 1. The molecule has 0 aliphatic rings. The van der Waals surface area contributed by atoms with E-state index in [2.05, 4.69) is 38.2 Å². The van der Waals surface area contributed by atoms with E-state index in [-0.39, 0.29) is 0 Å². The van der Waals surface area contributed by atoms with Crippen molar-refractivity contribution in [1.82, 2.24) is 5.32 Å². The SMILES string of the molecule is CCCNCC(CC(C)CCC)c1ccccc1Cl. The molecular weight excluding hydrogens is 254 g/mol. The van der Waals surface area contributed by atoms with Crippen LogP contribution in [0.5, 0.6) is 0 Å². The Hall–Kier alpha value is -0.530. The Morgan fingerprint density at radius 1 is 1.16 bits per heavy atom. The Labute approximate surface area is 123 Å². The van der Waals surface area contributed by atoms with Gasteiger partial charge in [-0.3, -0.25) is 0 Å². The molecular formula is C17H28ClN. The number of hydrogen-bond acceptors (Lipinski definition) is 1. The zero-order chi connectivity index (χ0) is 14.1. The molecule has 108 valence electrons. The molecule has 19 heavy (non-hydrogen) atoms. The maximum absolute atomic E-state index is 6.36. The number of hydrogen-bond donors (Lipinski definition) is 1. The van der Waals surface area contributed by atoms with Gasteiger partial charge in [0.05, 0.1) is 0 Å². The van der Waals surface area contributed by atoms with Gasteiger partial charge in [-0.1, -0.05) is 63.4 Å². The smallest absolute Gasteiger partial charge is 0.0441 e. The van der Waals surface area contributed by atoms with Crippen molar-refractivity contribution in [2.24, 2.45) is 5.92 Å². The second kappa shape index (κ2) is 9.39. The molecule has 2 atom stereocenters. The fourth-order valence-corrected chi connectivity index (χ4v) is 2.97. The second-order valence-electron chi connectivity index (χ2n) is 5.55. The minimum atomic E-state index is 0.529. The predicted octanol–water partition coefficient (Wildman–Crippen LogP) is 5.25. The lowest BCUT2D eigenvalue weighted by atomic mass is 9.87. The lowest BCUT2D eigenvalue weighted by Gasteiger charge is -2.22. The standard InChI is InChI=1S/C17H28ClN/c1-4-8-14(3)12-15(13-19-11-5-2)16-9-6-7-10-17(16)18/h6-7,9-10,14-15,19H,4-5,8,11-13H2,1-3H3. The quantitative estimate of drug-likeness (QED) is 0.610. The highest BCUT2D eigenvalue weighted by molar-refractivity contribution is 6.31. The van der Waals surface area contributed by atoms with Crippen LogP contribution in [-0.4, -0.2) is 13.1 Å². The summed E-state index contributed by atoms with van der Waals surface area (Å²) in [6.45, 7) is 8.94. The molecule has 2 unspecified atom stereocenters. The maximum atomic E-state index is 6.36. The molecule has 0 saturated carbocycles. The van der Waals surface area contributed by atoms with Gasteiger partial charge in [-0.15, -0.1) is 0 Å². The third kappa shape index (κ3) is 5.97. The molecule has 0 aliphatic heterocycles. The zero-order valence-corrected chi connectivity index (χ0v) is 13.3. The third-order valence-electron chi connectivity index (χ3n) is 3.63. The van der Waals surface area contributed by atoms with Crippen LogP contribution in [0.2, 0.25) is 5.02 Å². The van der Waals surface area contributed by atoms with Gasteiger partial charge < -0.3 is 5.32 Å². The van der Waals surface area contributed by atoms with Crippen LogP contribution in [-0.2, 0) is 0 Å². The van der Waals surface area contributed by atoms with Gasteiger partial charge in [0.15, 0.2) is 0 Å². The molecule has 0 aromatic heterocycles. The van der Waals surface area contributed by atoms with E-state index in [1.54, 1.807) is 0 Å². The van der Waals surface area contributed by atoms with Crippen molar-refractivity contribution in [3.63, 3.8) is 0 Å². The van der Waals surface area contributed by atoms with Gasteiger partial charge in [0.1, 0.15) is 0 Å². The Balaban J connectivity index is 2.71. The Bertz CT molecular complexity index is 351. The molecule has 1 aromatic carbocycles. The van der Waals surface area contributed by atoms with E-state index < -0.39 is 0 Å². The van der Waals surface area contributed by atoms with Crippen LogP contribution in [0.15, 0.2) is 24.3 Å². The molecule has 0 fully saturated rings. The van der Waals surface area contributed by atoms with Gasteiger partial charge in [-0.25, -0.2) is 0 Å². The Morgan fingerprint density at radius 2 is 1.89 bits per heavy atom. The summed E-state index contributed by atoms with van der Waals surface area (Å²) in [5.74, 6) is 1.29. The molecule has 1 aromatic rings. The van der Waals surface area contributed by atoms with Crippen LogP contribution in [0.4, 0.5) is 0 Å². The normalized spacial score (nSPS) is 14.3. The first-order chi connectivity index (χ1) is 9.19. The Morgan fingerprint density at radius 3 is 2.53 bits per heavy atom. The van der Waals surface area contributed by atoms with E-state index in [1.807, 2.05) is 12.1 Å². The summed E-state index contributed by atoms with van der Waals surface area (Å²) < 4.78 is 0. The Kier molecular flexibility index (Phi) is 8.16. The van der Waals surface area contributed by atoms with Crippen molar-refractivity contribution in [3.8, 4) is 0 Å². The molecule has 0 amide bonds. The summed E-state index contributed by atoms with van der Waals surface area (Å²) >= 11 is 6.36. The van der Waals surface area contributed by atoms with Crippen LogP contribution in [0.3, 0.4) is 0 Å². The number of rotatable bonds is 9. The highest BCUT2D eigenvalue weighted by atomic mass is 35.5. The first-order valence-corrected chi connectivity index (χ1v) is 8.01. The van der Waals surface area contributed by atoms with Crippen molar-refractivity contribution in [2.45, 2.75) is 52.4 Å². The van der Waals surface area contributed by atoms with Crippen LogP contribution in [0, 0.1) is 5.92 Å². The van der Waals surface area contributed by atoms with Crippen LogP contribution >= 0.6 is 11.6 Å². The maximum Gasteiger partial charge on any atom is 0.0441 e. The van der Waals surface area contributed by atoms with Crippen molar-refractivity contribution in [2.75, 3.05) is 13.1 Å². The average molecular weight is 282 g/mol. The van der Waals surface area contributed by atoms with E-state index in [4.69, 9.17) is 11.6 Å². The number of nitrogens with one attached hydrogen (secondary N) is 1. The minimum Gasteiger partial charge on any atom is -0.316 e. The van der Waals surface area contributed by atoms with Gasteiger partial charge in [0, 0.05) is 11.6 Å². The summed E-state index contributed by atoms with van der Waals surface area (Å²) in [5.41, 5.74) is 1.30. The first kappa shape index (κ1) is 16.5. The lowest BCUT2D eigenvalue weighted by Crippen LogP contribution is -2.24. The van der Waals surface area contributed by atoms with Crippen LogP contribution < -0.4 is 5.32 Å². The minimum absolute atomic E-state index is 0.529. The summed E-state index contributed by atoms with van der Waals surface area (Å²) in [6, 6.07) is 8.30. The summed E-state index contributed by atoms with van der Waals surface area (Å²) in [4.78, 5) is 0. The van der Waals surface area contributed by atoms with Crippen LogP contribution in [0.1, 0.15) is 57.9 Å². The molecule has 0 radical (unpaired) electrons. The van der Waals surface area contributed by atoms with Crippen molar-refractivity contribution in [1.29, 1.82) is 0 Å². The highest BCUT2D eigenvalue weighted by Gasteiger charge is 2.17. The van der Waals surface area contributed by atoms with E-state index in [0.717, 1.165) is 24.0 Å². The zero-order valence-electron chi connectivity index (χ0n) is 12.6. The lowest BCUT2D eigenvalue weighted by molar-refractivity contribution is 0.420. The molecule has 1 N–H and O–H groups in total. The van der Waals surface area contributed by atoms with Gasteiger partial charge >= 0.3 is 0 Å².